The van der Waals surface area contributed by atoms with Gasteiger partial charge in [0.05, 0.1) is 17.5 Å². The Morgan fingerprint density at radius 3 is 2.80 bits per heavy atom. The Balaban J connectivity index is 1.83. The van der Waals surface area contributed by atoms with Gasteiger partial charge in [-0.15, -0.1) is 0 Å². The quantitative estimate of drug-likeness (QED) is 0.717. The first-order valence-corrected chi connectivity index (χ1v) is 9.78. The highest BCUT2D eigenvalue weighted by atomic mass is 32.2. The summed E-state index contributed by atoms with van der Waals surface area (Å²) in [7, 11) is -0.430. The van der Waals surface area contributed by atoms with Gasteiger partial charge in [-0.1, -0.05) is 12.1 Å². The van der Waals surface area contributed by atoms with Crippen LogP contribution in [0.4, 0.5) is 10.5 Å². The fourth-order valence-electron chi connectivity index (χ4n) is 2.30. The van der Waals surface area contributed by atoms with Gasteiger partial charge >= 0.3 is 6.03 Å². The van der Waals surface area contributed by atoms with E-state index in [9.17, 15) is 13.2 Å². The monoisotopic (exact) mass is 371 g/mol. The van der Waals surface area contributed by atoms with Gasteiger partial charge in [0.2, 0.25) is 10.0 Å². The molecule has 1 aliphatic rings. The summed E-state index contributed by atoms with van der Waals surface area (Å²) in [5.74, 6) is 0.388. The Morgan fingerprint density at radius 2 is 2.12 bits per heavy atom. The van der Waals surface area contributed by atoms with Gasteiger partial charge in [0.25, 0.3) is 0 Å². The standard InChI is InChI=1S/C16H25N3O5S/c1-19(2)25(21,22)11-9-17-16(20)18-14-7-3-4-8-15(14)24-12-13-6-5-10-23-13/h3-4,7-8,13H,5-6,9-12H2,1-2H3,(H2,17,18,20)/t13-/m0/s1. The van der Waals surface area contributed by atoms with Crippen LogP contribution in [0.2, 0.25) is 0 Å². The average molecular weight is 371 g/mol. The Kier molecular flexibility index (Phi) is 7.03. The first kappa shape index (κ1) is 19.5. The van der Waals surface area contributed by atoms with Gasteiger partial charge in [0.1, 0.15) is 12.4 Å². The summed E-state index contributed by atoms with van der Waals surface area (Å²) in [6, 6.07) is 6.60. The lowest BCUT2D eigenvalue weighted by Gasteiger charge is -2.16. The zero-order valence-corrected chi connectivity index (χ0v) is 15.3. The van der Waals surface area contributed by atoms with Crippen molar-refractivity contribution in [2.75, 3.05) is 44.9 Å². The molecular weight excluding hydrogens is 346 g/mol. The first-order chi connectivity index (χ1) is 11.9. The van der Waals surface area contributed by atoms with Crippen molar-refractivity contribution in [3.63, 3.8) is 0 Å². The Labute approximate surface area is 148 Å². The Bertz CT molecular complexity index is 672. The van der Waals surface area contributed by atoms with Crippen molar-refractivity contribution in [1.82, 2.24) is 9.62 Å². The second kappa shape index (κ2) is 9.02. The molecule has 1 heterocycles. The van der Waals surface area contributed by atoms with E-state index in [1.807, 2.05) is 6.07 Å². The molecule has 1 saturated heterocycles. The lowest BCUT2D eigenvalue weighted by Crippen LogP contribution is -2.36. The molecule has 0 radical (unpaired) electrons. The molecule has 140 valence electrons. The molecule has 8 nitrogen and oxygen atoms in total. The predicted octanol–water partition coefficient (Wildman–Crippen LogP) is 1.26. The van der Waals surface area contributed by atoms with Crippen molar-refractivity contribution in [3.8, 4) is 5.75 Å². The minimum atomic E-state index is -3.34. The molecule has 0 aromatic heterocycles. The molecule has 1 fully saturated rings. The van der Waals surface area contributed by atoms with Gasteiger partial charge in [-0.25, -0.2) is 17.5 Å². The zero-order chi connectivity index (χ0) is 18.3. The number of nitrogens with zero attached hydrogens (tertiary/aromatic N) is 1. The van der Waals surface area contributed by atoms with Crippen molar-refractivity contribution in [2.45, 2.75) is 18.9 Å². The van der Waals surface area contributed by atoms with Gasteiger partial charge in [0.15, 0.2) is 0 Å². The van der Waals surface area contributed by atoms with Crippen LogP contribution < -0.4 is 15.4 Å². The fourth-order valence-corrected chi connectivity index (χ4v) is 3.02. The van der Waals surface area contributed by atoms with Gasteiger partial charge in [0, 0.05) is 27.2 Å². The minimum absolute atomic E-state index is 0.0191. The molecule has 0 unspecified atom stereocenters. The molecule has 1 atom stereocenters. The van der Waals surface area contributed by atoms with Crippen LogP contribution in [0.1, 0.15) is 12.8 Å². The Hall–Kier alpha value is -1.84. The normalized spacial score (nSPS) is 17.5. The number of amides is 2. The molecule has 0 spiro atoms. The van der Waals surface area contributed by atoms with E-state index < -0.39 is 16.1 Å². The van der Waals surface area contributed by atoms with Gasteiger partial charge < -0.3 is 20.1 Å². The highest BCUT2D eigenvalue weighted by molar-refractivity contribution is 7.89. The summed E-state index contributed by atoms with van der Waals surface area (Å²) in [6.45, 7) is 1.21. The number of para-hydroxylation sites is 2. The summed E-state index contributed by atoms with van der Waals surface area (Å²) in [6.07, 6.45) is 2.08. The number of hydrogen-bond acceptors (Lipinski definition) is 5. The second-order valence-electron chi connectivity index (χ2n) is 5.92. The van der Waals surface area contributed by atoms with Gasteiger partial charge in [-0.3, -0.25) is 0 Å². The fraction of sp³-hybridized carbons (Fsp3) is 0.562. The number of hydrogen-bond donors (Lipinski definition) is 2. The maximum absolute atomic E-state index is 12.0. The zero-order valence-electron chi connectivity index (χ0n) is 14.5. The third-order valence-electron chi connectivity index (χ3n) is 3.79. The van der Waals surface area contributed by atoms with Gasteiger partial charge in [-0.05, 0) is 25.0 Å². The highest BCUT2D eigenvalue weighted by Crippen LogP contribution is 2.24. The topological polar surface area (TPSA) is 97.0 Å². The van der Waals surface area contributed by atoms with E-state index in [0.29, 0.717) is 18.0 Å². The maximum atomic E-state index is 12.0. The number of nitrogens with one attached hydrogen (secondary N) is 2. The molecule has 1 aromatic rings. The molecule has 2 amide bonds. The van der Waals surface area contributed by atoms with Crippen LogP contribution in [0.15, 0.2) is 24.3 Å². The lowest BCUT2D eigenvalue weighted by molar-refractivity contribution is 0.0682. The largest absolute Gasteiger partial charge is 0.489 e. The van der Waals surface area contributed by atoms with E-state index in [2.05, 4.69) is 10.6 Å². The number of sulfonamides is 1. The van der Waals surface area contributed by atoms with E-state index >= 15 is 0 Å². The molecule has 25 heavy (non-hydrogen) atoms. The van der Waals surface area contributed by atoms with Crippen LogP contribution in [0, 0.1) is 0 Å². The number of ether oxygens (including phenoxy) is 2. The number of carbonyl (C=O) groups excluding carboxylic acids is 1. The van der Waals surface area contributed by atoms with Crippen molar-refractivity contribution in [1.29, 1.82) is 0 Å². The second-order valence-corrected chi connectivity index (χ2v) is 8.22. The van der Waals surface area contributed by atoms with Crippen LogP contribution in [0.25, 0.3) is 0 Å². The molecule has 1 aliphatic heterocycles. The molecule has 0 saturated carbocycles. The summed E-state index contributed by atoms with van der Waals surface area (Å²) < 4.78 is 35.7. The Morgan fingerprint density at radius 1 is 1.36 bits per heavy atom. The van der Waals surface area contributed by atoms with E-state index in [1.54, 1.807) is 18.2 Å². The molecular formula is C16H25N3O5S. The molecule has 2 N–H and O–H groups in total. The summed E-state index contributed by atoms with van der Waals surface area (Å²) in [5.41, 5.74) is 0.522. The molecule has 9 heteroatoms. The van der Waals surface area contributed by atoms with E-state index in [-0.39, 0.29) is 18.4 Å². The summed E-state index contributed by atoms with van der Waals surface area (Å²) in [4.78, 5) is 12.0. The number of benzene rings is 1. The van der Waals surface area contributed by atoms with Crippen LogP contribution in [0.3, 0.4) is 0 Å². The van der Waals surface area contributed by atoms with Crippen molar-refractivity contribution in [2.24, 2.45) is 0 Å². The van der Waals surface area contributed by atoms with Crippen LogP contribution >= 0.6 is 0 Å². The van der Waals surface area contributed by atoms with Gasteiger partial charge in [-0.2, -0.15) is 0 Å². The first-order valence-electron chi connectivity index (χ1n) is 8.17. The van der Waals surface area contributed by atoms with Crippen LogP contribution in [0.5, 0.6) is 5.75 Å². The number of carbonyl (C=O) groups is 1. The smallest absolute Gasteiger partial charge is 0.319 e. The van der Waals surface area contributed by atoms with Crippen LogP contribution in [-0.4, -0.2) is 64.5 Å². The number of urea groups is 1. The molecule has 0 bridgehead atoms. The third kappa shape index (κ3) is 6.18. The lowest BCUT2D eigenvalue weighted by atomic mass is 10.2. The molecule has 1 aromatic carbocycles. The van der Waals surface area contributed by atoms with E-state index in [0.717, 1.165) is 23.8 Å². The van der Waals surface area contributed by atoms with Crippen LogP contribution in [-0.2, 0) is 14.8 Å². The number of anilines is 1. The van der Waals surface area contributed by atoms with Crippen molar-refractivity contribution >= 4 is 21.7 Å². The molecule has 2 rings (SSSR count). The summed E-state index contributed by atoms with van der Waals surface area (Å²) >= 11 is 0. The maximum Gasteiger partial charge on any atom is 0.319 e. The predicted molar refractivity (Wildman–Crippen MR) is 95.4 cm³/mol. The third-order valence-corrected chi connectivity index (χ3v) is 5.62. The van der Waals surface area contributed by atoms with E-state index in [4.69, 9.17) is 9.47 Å². The molecule has 0 aliphatic carbocycles. The number of rotatable bonds is 8. The average Bonchev–Trinajstić information content (AvgIpc) is 3.07. The van der Waals surface area contributed by atoms with Crippen molar-refractivity contribution < 1.29 is 22.7 Å². The van der Waals surface area contributed by atoms with E-state index in [1.165, 1.54) is 14.1 Å². The minimum Gasteiger partial charge on any atom is -0.489 e. The summed E-state index contributed by atoms with van der Waals surface area (Å²) in [5, 5.41) is 5.21. The van der Waals surface area contributed by atoms with Crippen molar-refractivity contribution in [3.05, 3.63) is 24.3 Å². The highest BCUT2D eigenvalue weighted by Gasteiger charge is 2.17. The SMILES string of the molecule is CN(C)S(=O)(=O)CCNC(=O)Nc1ccccc1OC[C@@H]1CCCO1.